The van der Waals surface area contributed by atoms with Gasteiger partial charge < -0.3 is 15.5 Å². The summed E-state index contributed by atoms with van der Waals surface area (Å²) in [5.74, 6) is 0.0278. The van der Waals surface area contributed by atoms with Crippen molar-refractivity contribution in [3.05, 3.63) is 54.1 Å². The van der Waals surface area contributed by atoms with Gasteiger partial charge in [0.25, 0.3) is 0 Å². The fourth-order valence-corrected chi connectivity index (χ4v) is 2.95. The SMILES string of the molecule is Cc1ccc(NC(=O)CCNc2ccc(N3CCCC3)cc2)cc1. The number of nitrogens with zero attached hydrogens (tertiary/aromatic N) is 1. The van der Waals surface area contributed by atoms with Crippen LogP contribution in [0.5, 0.6) is 0 Å². The molecule has 1 saturated heterocycles. The van der Waals surface area contributed by atoms with Crippen LogP contribution in [0.1, 0.15) is 24.8 Å². The van der Waals surface area contributed by atoms with Crippen LogP contribution < -0.4 is 15.5 Å². The van der Waals surface area contributed by atoms with E-state index in [-0.39, 0.29) is 5.91 Å². The maximum absolute atomic E-state index is 12.0. The van der Waals surface area contributed by atoms with E-state index < -0.39 is 0 Å². The highest BCUT2D eigenvalue weighted by Crippen LogP contribution is 2.22. The van der Waals surface area contributed by atoms with Crippen LogP contribution in [0.4, 0.5) is 17.1 Å². The van der Waals surface area contributed by atoms with Crippen LogP contribution in [0, 0.1) is 6.92 Å². The molecule has 2 aromatic carbocycles. The Bertz CT molecular complexity index is 658. The van der Waals surface area contributed by atoms with Gasteiger partial charge >= 0.3 is 0 Å². The summed E-state index contributed by atoms with van der Waals surface area (Å²) in [4.78, 5) is 14.4. The van der Waals surface area contributed by atoms with Gasteiger partial charge in [-0.1, -0.05) is 17.7 Å². The summed E-state index contributed by atoms with van der Waals surface area (Å²) in [6.07, 6.45) is 3.02. The van der Waals surface area contributed by atoms with Gasteiger partial charge in [-0.3, -0.25) is 4.79 Å². The van der Waals surface area contributed by atoms with Crippen molar-refractivity contribution in [2.24, 2.45) is 0 Å². The highest BCUT2D eigenvalue weighted by Gasteiger charge is 2.11. The Labute approximate surface area is 143 Å². The number of aryl methyl sites for hydroxylation is 1. The summed E-state index contributed by atoms with van der Waals surface area (Å²) in [5.41, 5.74) is 4.38. The monoisotopic (exact) mass is 323 g/mol. The second-order valence-corrected chi connectivity index (χ2v) is 6.33. The van der Waals surface area contributed by atoms with E-state index in [2.05, 4.69) is 39.8 Å². The van der Waals surface area contributed by atoms with Crippen LogP contribution in [0.3, 0.4) is 0 Å². The zero-order chi connectivity index (χ0) is 16.8. The van der Waals surface area contributed by atoms with E-state index >= 15 is 0 Å². The largest absolute Gasteiger partial charge is 0.385 e. The van der Waals surface area contributed by atoms with Gasteiger partial charge in [-0.15, -0.1) is 0 Å². The van der Waals surface area contributed by atoms with Crippen LogP contribution in [0.2, 0.25) is 0 Å². The van der Waals surface area contributed by atoms with Gasteiger partial charge in [0.05, 0.1) is 0 Å². The number of carbonyl (C=O) groups is 1. The lowest BCUT2D eigenvalue weighted by Crippen LogP contribution is -2.17. The van der Waals surface area contributed by atoms with Gasteiger partial charge in [0, 0.05) is 43.1 Å². The number of nitrogens with one attached hydrogen (secondary N) is 2. The second kappa shape index (κ2) is 7.86. The maximum atomic E-state index is 12.0. The topological polar surface area (TPSA) is 44.4 Å². The first-order valence-corrected chi connectivity index (χ1v) is 8.66. The predicted molar refractivity (Wildman–Crippen MR) is 101 cm³/mol. The Hall–Kier alpha value is -2.49. The molecule has 0 saturated carbocycles. The van der Waals surface area contributed by atoms with Crippen molar-refractivity contribution in [3.8, 4) is 0 Å². The Kier molecular flexibility index (Phi) is 5.36. The molecule has 1 heterocycles. The van der Waals surface area contributed by atoms with Crippen molar-refractivity contribution in [2.45, 2.75) is 26.2 Å². The van der Waals surface area contributed by atoms with Crippen LogP contribution >= 0.6 is 0 Å². The van der Waals surface area contributed by atoms with E-state index in [9.17, 15) is 4.79 Å². The maximum Gasteiger partial charge on any atom is 0.226 e. The van der Waals surface area contributed by atoms with Crippen molar-refractivity contribution in [1.82, 2.24) is 0 Å². The van der Waals surface area contributed by atoms with Crippen molar-refractivity contribution in [2.75, 3.05) is 35.2 Å². The van der Waals surface area contributed by atoms with E-state index in [0.29, 0.717) is 13.0 Å². The van der Waals surface area contributed by atoms with Gasteiger partial charge in [-0.05, 0) is 56.2 Å². The van der Waals surface area contributed by atoms with E-state index in [1.54, 1.807) is 0 Å². The highest BCUT2D eigenvalue weighted by molar-refractivity contribution is 5.91. The third-order valence-electron chi connectivity index (χ3n) is 4.36. The van der Waals surface area contributed by atoms with E-state index in [0.717, 1.165) is 24.5 Å². The molecule has 2 aromatic rings. The minimum atomic E-state index is 0.0278. The molecule has 1 amide bonds. The van der Waals surface area contributed by atoms with Crippen molar-refractivity contribution >= 4 is 23.0 Å². The molecule has 0 bridgehead atoms. The minimum Gasteiger partial charge on any atom is -0.385 e. The highest BCUT2D eigenvalue weighted by atomic mass is 16.1. The van der Waals surface area contributed by atoms with Gasteiger partial charge in [0.1, 0.15) is 0 Å². The Morgan fingerprint density at radius 3 is 2.25 bits per heavy atom. The molecule has 4 nitrogen and oxygen atoms in total. The number of anilines is 3. The van der Waals surface area contributed by atoms with Crippen LogP contribution in [0.25, 0.3) is 0 Å². The van der Waals surface area contributed by atoms with Crippen molar-refractivity contribution in [3.63, 3.8) is 0 Å². The molecule has 1 aliphatic rings. The first-order valence-electron chi connectivity index (χ1n) is 8.66. The summed E-state index contributed by atoms with van der Waals surface area (Å²) < 4.78 is 0. The molecular weight excluding hydrogens is 298 g/mol. The smallest absolute Gasteiger partial charge is 0.226 e. The van der Waals surface area contributed by atoms with Crippen molar-refractivity contribution < 1.29 is 4.79 Å². The number of carbonyl (C=O) groups excluding carboxylic acids is 1. The summed E-state index contributed by atoms with van der Waals surface area (Å²) in [6, 6.07) is 16.3. The number of hydrogen-bond acceptors (Lipinski definition) is 3. The quantitative estimate of drug-likeness (QED) is 0.843. The number of rotatable bonds is 6. The van der Waals surface area contributed by atoms with E-state index in [1.165, 1.54) is 24.1 Å². The standard InChI is InChI=1S/C20H25N3O/c1-16-4-6-18(7-5-16)22-20(24)12-13-21-17-8-10-19(11-9-17)23-14-2-3-15-23/h4-11,21H,2-3,12-15H2,1H3,(H,22,24). The normalized spacial score (nSPS) is 13.8. The zero-order valence-electron chi connectivity index (χ0n) is 14.2. The molecule has 24 heavy (non-hydrogen) atoms. The molecule has 0 aliphatic carbocycles. The average Bonchev–Trinajstić information content (AvgIpc) is 3.12. The fourth-order valence-electron chi connectivity index (χ4n) is 2.95. The third-order valence-corrected chi connectivity index (χ3v) is 4.36. The molecule has 0 spiro atoms. The summed E-state index contributed by atoms with van der Waals surface area (Å²) >= 11 is 0. The Balaban J connectivity index is 1.42. The lowest BCUT2D eigenvalue weighted by molar-refractivity contribution is -0.115. The van der Waals surface area contributed by atoms with Gasteiger partial charge in [0.15, 0.2) is 0 Å². The fraction of sp³-hybridized carbons (Fsp3) is 0.350. The summed E-state index contributed by atoms with van der Waals surface area (Å²) in [6.45, 7) is 4.98. The molecule has 0 unspecified atom stereocenters. The van der Waals surface area contributed by atoms with Crippen molar-refractivity contribution in [1.29, 1.82) is 0 Å². The van der Waals surface area contributed by atoms with Gasteiger partial charge in [-0.25, -0.2) is 0 Å². The summed E-state index contributed by atoms with van der Waals surface area (Å²) in [7, 11) is 0. The zero-order valence-corrected chi connectivity index (χ0v) is 14.2. The second-order valence-electron chi connectivity index (χ2n) is 6.33. The molecule has 4 heteroatoms. The first-order chi connectivity index (χ1) is 11.7. The molecule has 0 radical (unpaired) electrons. The number of hydrogen-bond donors (Lipinski definition) is 2. The molecule has 0 atom stereocenters. The van der Waals surface area contributed by atoms with Crippen LogP contribution in [-0.4, -0.2) is 25.5 Å². The molecule has 1 aliphatic heterocycles. The summed E-state index contributed by atoms with van der Waals surface area (Å²) in [5, 5.41) is 6.22. The van der Waals surface area contributed by atoms with Crippen LogP contribution in [0.15, 0.2) is 48.5 Å². The minimum absolute atomic E-state index is 0.0278. The Morgan fingerprint density at radius 2 is 1.58 bits per heavy atom. The number of benzene rings is 2. The lowest BCUT2D eigenvalue weighted by atomic mass is 10.2. The number of amides is 1. The lowest BCUT2D eigenvalue weighted by Gasteiger charge is -2.18. The Morgan fingerprint density at radius 1 is 0.958 bits per heavy atom. The van der Waals surface area contributed by atoms with Gasteiger partial charge in [-0.2, -0.15) is 0 Å². The third kappa shape index (κ3) is 4.51. The average molecular weight is 323 g/mol. The molecular formula is C20H25N3O. The first kappa shape index (κ1) is 16.4. The van der Waals surface area contributed by atoms with Gasteiger partial charge in [0.2, 0.25) is 5.91 Å². The van der Waals surface area contributed by atoms with E-state index in [1.807, 2.05) is 31.2 Å². The predicted octanol–water partition coefficient (Wildman–Crippen LogP) is 4.04. The van der Waals surface area contributed by atoms with E-state index in [4.69, 9.17) is 0 Å². The molecule has 126 valence electrons. The molecule has 3 rings (SSSR count). The van der Waals surface area contributed by atoms with Crippen LogP contribution in [-0.2, 0) is 4.79 Å². The molecule has 1 fully saturated rings. The molecule has 0 aromatic heterocycles. The molecule has 2 N–H and O–H groups in total.